The molecule has 0 radical (unpaired) electrons. The predicted molar refractivity (Wildman–Crippen MR) is 85.8 cm³/mol. The number of hydrogen-bond donors (Lipinski definition) is 3. The zero-order valence-corrected chi connectivity index (χ0v) is 12.1. The van der Waals surface area contributed by atoms with Gasteiger partial charge in [0.05, 0.1) is 5.69 Å². The first kappa shape index (κ1) is 13.5. The van der Waals surface area contributed by atoms with Crippen molar-refractivity contribution in [3.63, 3.8) is 0 Å². The summed E-state index contributed by atoms with van der Waals surface area (Å²) in [4.78, 5) is 21.3. The Morgan fingerprint density at radius 2 is 2.19 bits per heavy atom. The quantitative estimate of drug-likeness (QED) is 0.746. The van der Waals surface area contributed by atoms with Crippen LogP contribution in [0.2, 0.25) is 0 Å². The van der Waals surface area contributed by atoms with Crippen molar-refractivity contribution in [1.82, 2.24) is 9.97 Å². The fourth-order valence-corrected chi connectivity index (χ4v) is 2.54. The number of aryl methyl sites for hydroxylation is 1. The molecule has 1 aliphatic rings. The fraction of sp³-hybridized carbons (Fsp3) is 0.133. The average molecular weight is 299 g/mol. The van der Waals surface area contributed by atoms with E-state index in [1.54, 1.807) is 12.3 Å². The van der Waals surface area contributed by atoms with Gasteiger partial charge in [-0.15, -0.1) is 0 Å². The Morgan fingerprint density at radius 3 is 2.90 bits per heavy atom. The van der Waals surface area contributed by atoms with Crippen LogP contribution < -0.4 is 5.56 Å². The third-order valence-corrected chi connectivity index (χ3v) is 3.61. The molecule has 0 aliphatic carbocycles. The van der Waals surface area contributed by atoms with Gasteiger partial charge in [-0.3, -0.25) is 14.8 Å². The smallest absolute Gasteiger partial charge is 0.262 e. The van der Waals surface area contributed by atoms with Crippen molar-refractivity contribution >= 4 is 35.8 Å². The van der Waals surface area contributed by atoms with Crippen LogP contribution >= 0.6 is 12.2 Å². The highest BCUT2D eigenvalue weighted by molar-refractivity contribution is 7.71. The van der Waals surface area contributed by atoms with E-state index in [2.05, 4.69) is 21.9 Å². The zero-order chi connectivity index (χ0) is 15.0. The second kappa shape index (κ2) is 5.14. The number of para-hydroxylation sites is 1. The summed E-state index contributed by atoms with van der Waals surface area (Å²) in [5, 5.41) is 9.85. The lowest BCUT2D eigenvalue weighted by atomic mass is 10.0. The summed E-state index contributed by atoms with van der Waals surface area (Å²) < 4.78 is 0.0911. The first-order valence-corrected chi connectivity index (χ1v) is 6.94. The molecule has 1 aliphatic heterocycles. The van der Waals surface area contributed by atoms with Gasteiger partial charge in [-0.2, -0.15) is 0 Å². The molecule has 2 heterocycles. The molecule has 0 atom stereocenters. The Kier molecular flexibility index (Phi) is 3.31. The Morgan fingerprint density at radius 1 is 1.38 bits per heavy atom. The molecule has 0 unspecified atom stereocenters. The first-order chi connectivity index (χ1) is 10.1. The molecule has 1 aromatic heterocycles. The van der Waals surface area contributed by atoms with Gasteiger partial charge >= 0.3 is 0 Å². The van der Waals surface area contributed by atoms with E-state index >= 15 is 0 Å². The first-order valence-electron chi connectivity index (χ1n) is 6.53. The number of allylic oxidation sites excluding steroid dienone is 1. The minimum atomic E-state index is -0.433. The third kappa shape index (κ3) is 2.34. The summed E-state index contributed by atoms with van der Waals surface area (Å²) in [6.07, 6.45) is 4.19. The minimum absolute atomic E-state index is 0.0911. The lowest BCUT2D eigenvalue weighted by Crippen LogP contribution is -2.11. The number of aliphatic imine (C=N–C) groups is 1. The van der Waals surface area contributed by atoms with Gasteiger partial charge in [-0.05, 0) is 30.3 Å². The average Bonchev–Trinajstić information content (AvgIpc) is 2.85. The van der Waals surface area contributed by atoms with Crippen molar-refractivity contribution in [1.29, 1.82) is 0 Å². The number of aromatic hydroxyl groups is 1. The van der Waals surface area contributed by atoms with Gasteiger partial charge in [0.15, 0.2) is 4.77 Å². The predicted octanol–water partition coefficient (Wildman–Crippen LogP) is 2.96. The van der Waals surface area contributed by atoms with Gasteiger partial charge < -0.3 is 10.1 Å². The number of rotatable bonds is 2. The lowest BCUT2D eigenvalue weighted by molar-refractivity contribution is 0.448. The standard InChI is InChI=1S/C15H13N3O2S/c1-2-8-4-3-5-10-9(7-16-12(8)10)6-11-13(19)17-15(21)18-14(11)20/h3-7H,2H2,1H3,(H3,17,18,19,20,21)/b9-6+. The second-order valence-corrected chi connectivity index (χ2v) is 5.10. The van der Waals surface area contributed by atoms with Crippen LogP contribution in [0.3, 0.4) is 0 Å². The van der Waals surface area contributed by atoms with Crippen LogP contribution in [0.1, 0.15) is 23.6 Å². The highest BCUT2D eigenvalue weighted by atomic mass is 32.1. The van der Waals surface area contributed by atoms with Crippen LogP contribution in [0.4, 0.5) is 5.69 Å². The van der Waals surface area contributed by atoms with Crippen molar-refractivity contribution in [2.75, 3.05) is 0 Å². The van der Waals surface area contributed by atoms with E-state index in [9.17, 15) is 9.90 Å². The van der Waals surface area contributed by atoms with Crippen LogP contribution in [0, 0.1) is 4.77 Å². The van der Waals surface area contributed by atoms with Gasteiger partial charge in [0.2, 0.25) is 5.88 Å². The van der Waals surface area contributed by atoms with E-state index < -0.39 is 5.56 Å². The molecule has 106 valence electrons. The van der Waals surface area contributed by atoms with E-state index in [0.717, 1.165) is 28.8 Å². The number of hydrogen-bond acceptors (Lipinski definition) is 4. The molecule has 6 heteroatoms. The molecule has 0 saturated heterocycles. The molecule has 0 amide bonds. The largest absolute Gasteiger partial charge is 0.494 e. The number of nitrogens with zero attached hydrogens (tertiary/aromatic N) is 1. The normalized spacial score (nSPS) is 14.6. The summed E-state index contributed by atoms with van der Waals surface area (Å²) in [7, 11) is 0. The molecule has 5 nitrogen and oxygen atoms in total. The van der Waals surface area contributed by atoms with Crippen LogP contribution in [0.15, 0.2) is 28.0 Å². The molecule has 0 spiro atoms. The van der Waals surface area contributed by atoms with E-state index in [1.807, 2.05) is 18.2 Å². The van der Waals surface area contributed by atoms with Crippen molar-refractivity contribution in [3.8, 4) is 5.88 Å². The maximum Gasteiger partial charge on any atom is 0.262 e. The molecule has 0 bridgehead atoms. The van der Waals surface area contributed by atoms with Crippen molar-refractivity contribution in [2.45, 2.75) is 13.3 Å². The Balaban J connectivity index is 2.16. The summed E-state index contributed by atoms with van der Waals surface area (Å²) in [5.41, 5.74) is 3.52. The molecule has 21 heavy (non-hydrogen) atoms. The Labute approximate surface area is 125 Å². The van der Waals surface area contributed by atoms with Crippen LogP contribution in [0.25, 0.3) is 11.6 Å². The van der Waals surface area contributed by atoms with Crippen molar-refractivity contribution in [2.24, 2.45) is 4.99 Å². The zero-order valence-electron chi connectivity index (χ0n) is 11.3. The fourth-order valence-electron chi connectivity index (χ4n) is 2.35. The summed E-state index contributed by atoms with van der Waals surface area (Å²) >= 11 is 4.81. The maximum absolute atomic E-state index is 11.9. The van der Waals surface area contributed by atoms with Gasteiger partial charge in [0.1, 0.15) is 5.56 Å². The number of H-pyrrole nitrogens is 2. The molecule has 0 saturated carbocycles. The molecular formula is C15H13N3O2S. The number of benzene rings is 1. The van der Waals surface area contributed by atoms with E-state index in [1.165, 1.54) is 0 Å². The number of nitrogens with one attached hydrogen (secondary N) is 2. The SMILES string of the molecule is CCc1cccc2c1N=C/C2=C\c1c(O)[nH]c(=S)[nH]c1=O. The number of aromatic amines is 2. The molecule has 3 N–H and O–H groups in total. The van der Waals surface area contributed by atoms with Gasteiger partial charge in [0.25, 0.3) is 5.56 Å². The third-order valence-electron chi connectivity index (χ3n) is 3.40. The molecule has 3 rings (SSSR count). The Hall–Kier alpha value is -2.47. The highest BCUT2D eigenvalue weighted by Gasteiger charge is 2.16. The van der Waals surface area contributed by atoms with E-state index in [4.69, 9.17) is 12.2 Å². The van der Waals surface area contributed by atoms with E-state index in [0.29, 0.717) is 0 Å². The molecule has 0 fully saturated rings. The van der Waals surface area contributed by atoms with Gasteiger partial charge in [-0.1, -0.05) is 25.1 Å². The van der Waals surface area contributed by atoms with Gasteiger partial charge in [-0.25, -0.2) is 0 Å². The topological polar surface area (TPSA) is 81.2 Å². The molecular weight excluding hydrogens is 286 g/mol. The summed E-state index contributed by atoms with van der Waals surface area (Å²) in [6.45, 7) is 2.07. The number of fused-ring (bicyclic) bond motifs is 1. The van der Waals surface area contributed by atoms with Crippen LogP contribution in [-0.2, 0) is 6.42 Å². The van der Waals surface area contributed by atoms with Crippen LogP contribution in [0.5, 0.6) is 5.88 Å². The monoisotopic (exact) mass is 299 g/mol. The summed E-state index contributed by atoms with van der Waals surface area (Å²) in [5.74, 6) is -0.246. The van der Waals surface area contributed by atoms with E-state index in [-0.39, 0.29) is 16.2 Å². The van der Waals surface area contributed by atoms with Gasteiger partial charge in [0, 0.05) is 17.4 Å². The lowest BCUT2D eigenvalue weighted by Gasteiger charge is -2.04. The van der Waals surface area contributed by atoms with Crippen LogP contribution in [-0.4, -0.2) is 21.3 Å². The van der Waals surface area contributed by atoms with Crippen molar-refractivity contribution in [3.05, 3.63) is 50.0 Å². The second-order valence-electron chi connectivity index (χ2n) is 4.70. The molecule has 1 aromatic carbocycles. The number of aromatic nitrogens is 2. The summed E-state index contributed by atoms with van der Waals surface area (Å²) in [6, 6.07) is 5.94. The minimum Gasteiger partial charge on any atom is -0.494 e. The highest BCUT2D eigenvalue weighted by Crippen LogP contribution is 2.35. The Bertz CT molecular complexity index is 891. The maximum atomic E-state index is 11.9. The molecule has 2 aromatic rings. The van der Waals surface area contributed by atoms with Crippen molar-refractivity contribution < 1.29 is 5.11 Å².